The summed E-state index contributed by atoms with van der Waals surface area (Å²) in [5.74, 6) is 1.99. The molecule has 7 heteroatoms. The van der Waals surface area contributed by atoms with E-state index in [-0.39, 0.29) is 6.01 Å². The topological polar surface area (TPSA) is 82.6 Å². The third-order valence-corrected chi connectivity index (χ3v) is 4.42. The Bertz CT molecular complexity index is 974. The molecular formula is C22H23N3O4. The van der Waals surface area contributed by atoms with E-state index in [1.165, 1.54) is 19.8 Å². The highest BCUT2D eigenvalue weighted by Gasteiger charge is 2.10. The van der Waals surface area contributed by atoms with Crippen molar-refractivity contribution >= 4 is 12.1 Å². The van der Waals surface area contributed by atoms with E-state index in [4.69, 9.17) is 14.2 Å². The summed E-state index contributed by atoms with van der Waals surface area (Å²) in [5.41, 5.74) is 3.06. The van der Waals surface area contributed by atoms with E-state index in [0.29, 0.717) is 29.4 Å². The molecule has 7 nitrogen and oxygen atoms in total. The van der Waals surface area contributed by atoms with Crippen molar-refractivity contribution in [3.63, 3.8) is 0 Å². The first kappa shape index (κ1) is 20.1. The maximum Gasteiger partial charge on any atom is 0.318 e. The van der Waals surface area contributed by atoms with Gasteiger partial charge in [0.1, 0.15) is 17.3 Å². The number of nitrogens with zero attached hydrogens (tertiary/aromatic N) is 2. The van der Waals surface area contributed by atoms with E-state index in [9.17, 15) is 4.79 Å². The van der Waals surface area contributed by atoms with Gasteiger partial charge in [-0.2, -0.15) is 9.97 Å². The van der Waals surface area contributed by atoms with Crippen LogP contribution in [0, 0.1) is 0 Å². The standard InChI is InChI=1S/C22H23N3O4/c1-27-18-7-4-15(5-8-18)10-11-23-21-13-19(24-22(25-21)29-3)16-6-9-20(28-2)17(12-16)14-26/h4-9,12-14H,10-11H2,1-3H3,(H,23,24,25). The minimum absolute atomic E-state index is 0.248. The zero-order valence-electron chi connectivity index (χ0n) is 16.6. The highest BCUT2D eigenvalue weighted by Crippen LogP contribution is 2.27. The van der Waals surface area contributed by atoms with Crippen LogP contribution < -0.4 is 19.5 Å². The molecule has 150 valence electrons. The molecule has 0 fully saturated rings. The predicted molar refractivity (Wildman–Crippen MR) is 111 cm³/mol. The van der Waals surface area contributed by atoms with Crippen molar-refractivity contribution in [1.82, 2.24) is 9.97 Å². The molecule has 0 atom stereocenters. The minimum atomic E-state index is 0.248. The first-order valence-corrected chi connectivity index (χ1v) is 9.10. The Morgan fingerprint density at radius 2 is 1.72 bits per heavy atom. The molecule has 3 aromatic rings. The molecule has 0 aliphatic heterocycles. The van der Waals surface area contributed by atoms with Gasteiger partial charge in [0.15, 0.2) is 6.29 Å². The van der Waals surface area contributed by atoms with Crippen molar-refractivity contribution in [3.05, 3.63) is 59.7 Å². The summed E-state index contributed by atoms with van der Waals surface area (Å²) >= 11 is 0. The van der Waals surface area contributed by atoms with Crippen molar-refractivity contribution < 1.29 is 19.0 Å². The van der Waals surface area contributed by atoms with Crippen LogP contribution in [0.3, 0.4) is 0 Å². The summed E-state index contributed by atoms with van der Waals surface area (Å²) in [7, 11) is 4.70. The largest absolute Gasteiger partial charge is 0.497 e. The fourth-order valence-electron chi connectivity index (χ4n) is 2.87. The number of carbonyl (C=O) groups excluding carboxylic acids is 1. The normalized spacial score (nSPS) is 10.3. The molecule has 3 rings (SSSR count). The molecule has 29 heavy (non-hydrogen) atoms. The maximum atomic E-state index is 11.3. The Morgan fingerprint density at radius 1 is 0.931 bits per heavy atom. The second-order valence-electron chi connectivity index (χ2n) is 6.22. The highest BCUT2D eigenvalue weighted by atomic mass is 16.5. The third-order valence-electron chi connectivity index (χ3n) is 4.42. The minimum Gasteiger partial charge on any atom is -0.497 e. The molecule has 0 bridgehead atoms. The van der Waals surface area contributed by atoms with Crippen LogP contribution in [0.2, 0.25) is 0 Å². The van der Waals surface area contributed by atoms with Crippen molar-refractivity contribution in [2.24, 2.45) is 0 Å². The molecule has 0 spiro atoms. The van der Waals surface area contributed by atoms with Crippen molar-refractivity contribution in [2.75, 3.05) is 33.2 Å². The Labute approximate surface area is 169 Å². The van der Waals surface area contributed by atoms with Crippen LogP contribution in [0.4, 0.5) is 5.82 Å². The lowest BCUT2D eigenvalue weighted by Gasteiger charge is -2.11. The summed E-state index contributed by atoms with van der Waals surface area (Å²) in [6.07, 6.45) is 1.58. The predicted octanol–water partition coefficient (Wildman–Crippen LogP) is 3.64. The van der Waals surface area contributed by atoms with Gasteiger partial charge in [0.05, 0.1) is 32.6 Å². The number of ether oxygens (including phenoxy) is 3. The van der Waals surface area contributed by atoms with E-state index in [1.807, 2.05) is 36.4 Å². The fraction of sp³-hybridized carbons (Fsp3) is 0.227. The van der Waals surface area contributed by atoms with Gasteiger partial charge in [0.25, 0.3) is 0 Å². The van der Waals surface area contributed by atoms with Gasteiger partial charge in [0, 0.05) is 18.2 Å². The molecule has 0 saturated heterocycles. The van der Waals surface area contributed by atoms with E-state index in [1.54, 1.807) is 19.2 Å². The molecule has 0 radical (unpaired) electrons. The van der Waals surface area contributed by atoms with E-state index in [0.717, 1.165) is 24.0 Å². The lowest BCUT2D eigenvalue weighted by atomic mass is 10.1. The number of benzene rings is 2. The molecule has 1 N–H and O–H groups in total. The van der Waals surface area contributed by atoms with Crippen LogP contribution in [-0.4, -0.2) is 44.1 Å². The highest BCUT2D eigenvalue weighted by molar-refractivity contribution is 5.82. The average Bonchev–Trinajstić information content (AvgIpc) is 2.78. The number of methoxy groups -OCH3 is 3. The Kier molecular flexibility index (Phi) is 6.63. The number of hydrogen-bond acceptors (Lipinski definition) is 7. The number of nitrogens with one attached hydrogen (secondary N) is 1. The van der Waals surface area contributed by atoms with Crippen LogP contribution in [0.5, 0.6) is 17.5 Å². The van der Waals surface area contributed by atoms with Gasteiger partial charge in [0.2, 0.25) is 0 Å². The van der Waals surface area contributed by atoms with E-state index >= 15 is 0 Å². The van der Waals surface area contributed by atoms with E-state index in [2.05, 4.69) is 15.3 Å². The fourth-order valence-corrected chi connectivity index (χ4v) is 2.87. The molecule has 2 aromatic carbocycles. The zero-order valence-corrected chi connectivity index (χ0v) is 16.6. The Morgan fingerprint density at radius 3 is 2.38 bits per heavy atom. The quantitative estimate of drug-likeness (QED) is 0.556. The van der Waals surface area contributed by atoms with Gasteiger partial charge < -0.3 is 19.5 Å². The lowest BCUT2D eigenvalue weighted by Crippen LogP contribution is -2.08. The number of rotatable bonds is 9. The molecule has 1 aromatic heterocycles. The number of aromatic nitrogens is 2. The SMILES string of the molecule is COc1ccc(CCNc2cc(-c3ccc(OC)c(C=O)c3)nc(OC)n2)cc1. The Hall–Kier alpha value is -3.61. The molecule has 1 heterocycles. The number of anilines is 1. The summed E-state index contributed by atoms with van der Waals surface area (Å²) < 4.78 is 15.6. The number of hydrogen-bond donors (Lipinski definition) is 1. The van der Waals surface area contributed by atoms with Gasteiger partial charge in [-0.05, 0) is 42.3 Å². The molecule has 0 unspecified atom stereocenters. The first-order valence-electron chi connectivity index (χ1n) is 9.10. The van der Waals surface area contributed by atoms with Crippen LogP contribution >= 0.6 is 0 Å². The summed E-state index contributed by atoms with van der Waals surface area (Å²) in [6.45, 7) is 0.689. The molecular weight excluding hydrogens is 370 g/mol. The van der Waals surface area contributed by atoms with Crippen LogP contribution in [0.15, 0.2) is 48.5 Å². The van der Waals surface area contributed by atoms with Crippen molar-refractivity contribution in [3.8, 4) is 28.8 Å². The number of carbonyl (C=O) groups is 1. The van der Waals surface area contributed by atoms with Crippen molar-refractivity contribution in [2.45, 2.75) is 6.42 Å². The summed E-state index contributed by atoms with van der Waals surface area (Å²) in [6, 6.07) is 15.3. The van der Waals surface area contributed by atoms with Gasteiger partial charge in [-0.25, -0.2) is 0 Å². The lowest BCUT2D eigenvalue weighted by molar-refractivity contribution is 0.112. The summed E-state index contributed by atoms with van der Waals surface area (Å²) in [5, 5.41) is 3.30. The Balaban J connectivity index is 1.77. The molecule has 0 saturated carbocycles. The monoisotopic (exact) mass is 393 g/mol. The first-order chi connectivity index (χ1) is 14.2. The molecule has 0 aliphatic rings. The maximum absolute atomic E-state index is 11.3. The smallest absolute Gasteiger partial charge is 0.318 e. The van der Waals surface area contributed by atoms with Gasteiger partial charge in [-0.3, -0.25) is 4.79 Å². The van der Waals surface area contributed by atoms with Crippen LogP contribution in [-0.2, 0) is 6.42 Å². The molecule has 0 aliphatic carbocycles. The molecule has 0 amide bonds. The van der Waals surface area contributed by atoms with E-state index < -0.39 is 0 Å². The second kappa shape index (κ2) is 9.54. The van der Waals surface area contributed by atoms with Gasteiger partial charge in [-0.1, -0.05) is 12.1 Å². The van der Waals surface area contributed by atoms with Crippen molar-refractivity contribution in [1.29, 1.82) is 0 Å². The zero-order chi connectivity index (χ0) is 20.6. The third kappa shape index (κ3) is 5.01. The average molecular weight is 393 g/mol. The van der Waals surface area contributed by atoms with Crippen LogP contribution in [0.1, 0.15) is 15.9 Å². The van der Waals surface area contributed by atoms with Gasteiger partial charge >= 0.3 is 6.01 Å². The summed E-state index contributed by atoms with van der Waals surface area (Å²) in [4.78, 5) is 20.1. The number of aldehydes is 1. The van der Waals surface area contributed by atoms with Gasteiger partial charge in [-0.15, -0.1) is 0 Å². The second-order valence-corrected chi connectivity index (χ2v) is 6.22. The van der Waals surface area contributed by atoms with Crippen LogP contribution in [0.25, 0.3) is 11.3 Å².